The van der Waals surface area contributed by atoms with Crippen molar-refractivity contribution in [1.29, 1.82) is 0 Å². The highest BCUT2D eigenvalue weighted by atomic mass is 15.6. The van der Waals surface area contributed by atoms with E-state index in [1.54, 1.807) is 6.33 Å². The number of aryl methyl sites for hydroxylation is 1. The zero-order chi connectivity index (χ0) is 28.2. The fraction of sp³-hybridized carbons (Fsp3) is 0.441. The van der Waals surface area contributed by atoms with Gasteiger partial charge in [0.1, 0.15) is 18.5 Å². The molecule has 6 rings (SSSR count). The van der Waals surface area contributed by atoms with Gasteiger partial charge in [-0.05, 0) is 99.4 Å². The maximum absolute atomic E-state index is 4.56. The Bertz CT molecular complexity index is 1310. The van der Waals surface area contributed by atoms with Crippen molar-refractivity contribution in [3.8, 4) is 0 Å². The highest BCUT2D eigenvalue weighted by Crippen LogP contribution is 2.39. The molecule has 2 unspecified atom stereocenters. The summed E-state index contributed by atoms with van der Waals surface area (Å²) in [6.07, 6.45) is 12.7. The van der Waals surface area contributed by atoms with Crippen molar-refractivity contribution < 1.29 is 0 Å². The maximum Gasteiger partial charge on any atom is 0.128 e. The zero-order valence-corrected chi connectivity index (χ0v) is 24.6. The molecule has 0 amide bonds. The van der Waals surface area contributed by atoms with Crippen molar-refractivity contribution in [2.24, 2.45) is 11.0 Å². The normalized spacial score (nSPS) is 21.7. The van der Waals surface area contributed by atoms with Gasteiger partial charge in [-0.1, -0.05) is 25.6 Å². The molecule has 1 aromatic heterocycles. The van der Waals surface area contributed by atoms with Crippen LogP contribution in [0.3, 0.4) is 0 Å². The molecular weight excluding hydrogens is 506 g/mol. The van der Waals surface area contributed by atoms with E-state index in [1.165, 1.54) is 48.3 Å². The Morgan fingerprint density at radius 1 is 0.878 bits per heavy atom. The summed E-state index contributed by atoms with van der Waals surface area (Å²) in [6, 6.07) is 20.6. The number of aromatic nitrogens is 2. The predicted octanol–water partition coefficient (Wildman–Crippen LogP) is 6.65. The summed E-state index contributed by atoms with van der Waals surface area (Å²) in [7, 11) is 0. The van der Waals surface area contributed by atoms with Gasteiger partial charge in [0.05, 0.1) is 6.04 Å². The SMILES string of the molecule is C=C1N(c2ccc(N3CCN(c4ccc(CC[C@@H]5CCC(c6ccncn6)C5)cc4)CC3)cc2)C=NN1C(C)CC. The Balaban J connectivity index is 0.964. The van der Waals surface area contributed by atoms with E-state index in [2.05, 4.69) is 105 Å². The van der Waals surface area contributed by atoms with Gasteiger partial charge in [0, 0.05) is 61.0 Å². The van der Waals surface area contributed by atoms with E-state index in [4.69, 9.17) is 0 Å². The number of benzene rings is 2. The molecule has 7 heteroatoms. The third-order valence-electron chi connectivity index (χ3n) is 9.32. The van der Waals surface area contributed by atoms with Gasteiger partial charge in [-0.15, -0.1) is 0 Å². The standard InChI is InChI=1S/C34H43N7/c1-4-26(2)41-27(3)40(25-37-41)33-15-13-32(14-16-33)39-21-19-38(20-22-39)31-11-8-28(9-12-31)5-6-29-7-10-30(23-29)34-17-18-35-24-36-34/h8-9,11-18,24-26,29-30H,3-7,10,19-23H2,1-2H3/t26?,29-,30?/m1/s1. The van der Waals surface area contributed by atoms with Crippen molar-refractivity contribution in [2.45, 2.75) is 64.3 Å². The number of hydrogen-bond acceptors (Lipinski definition) is 7. The molecule has 3 aromatic rings. The van der Waals surface area contributed by atoms with Crippen molar-refractivity contribution >= 4 is 23.4 Å². The second-order valence-electron chi connectivity index (χ2n) is 11.8. The molecule has 3 aliphatic rings. The molecule has 0 spiro atoms. The predicted molar refractivity (Wildman–Crippen MR) is 169 cm³/mol. The average Bonchev–Trinajstić information content (AvgIpc) is 3.67. The molecule has 1 saturated heterocycles. The van der Waals surface area contributed by atoms with Crippen LogP contribution in [0.5, 0.6) is 0 Å². The van der Waals surface area contributed by atoms with Crippen LogP contribution in [0.15, 0.2) is 84.6 Å². The Hall–Kier alpha value is -3.87. The van der Waals surface area contributed by atoms with Crippen LogP contribution in [0.2, 0.25) is 0 Å². The minimum atomic E-state index is 0.344. The molecule has 0 radical (unpaired) electrons. The molecule has 3 heterocycles. The zero-order valence-electron chi connectivity index (χ0n) is 24.6. The van der Waals surface area contributed by atoms with Crippen LogP contribution in [0.25, 0.3) is 0 Å². The summed E-state index contributed by atoms with van der Waals surface area (Å²) in [5.74, 6) is 2.33. The van der Waals surface area contributed by atoms with Gasteiger partial charge < -0.3 is 9.80 Å². The first-order valence-electron chi connectivity index (χ1n) is 15.4. The number of nitrogens with zero attached hydrogens (tertiary/aromatic N) is 7. The first kappa shape index (κ1) is 27.3. The van der Waals surface area contributed by atoms with Gasteiger partial charge in [0.25, 0.3) is 0 Å². The molecule has 214 valence electrons. The minimum absolute atomic E-state index is 0.344. The van der Waals surface area contributed by atoms with Crippen LogP contribution in [-0.2, 0) is 6.42 Å². The van der Waals surface area contributed by atoms with E-state index in [0.29, 0.717) is 12.0 Å². The van der Waals surface area contributed by atoms with Crippen LogP contribution < -0.4 is 14.7 Å². The summed E-state index contributed by atoms with van der Waals surface area (Å²) >= 11 is 0. The van der Waals surface area contributed by atoms with Crippen molar-refractivity contribution in [3.05, 3.63) is 90.8 Å². The Labute approximate surface area is 245 Å². The molecule has 2 fully saturated rings. The van der Waals surface area contributed by atoms with Gasteiger partial charge in [-0.3, -0.25) is 4.90 Å². The lowest BCUT2D eigenvalue weighted by atomic mass is 9.96. The lowest BCUT2D eigenvalue weighted by molar-refractivity contribution is 0.286. The lowest BCUT2D eigenvalue weighted by Gasteiger charge is -2.37. The van der Waals surface area contributed by atoms with Gasteiger partial charge in [-0.2, -0.15) is 5.10 Å². The van der Waals surface area contributed by atoms with Crippen LogP contribution in [0.1, 0.15) is 63.1 Å². The minimum Gasteiger partial charge on any atom is -0.368 e. The lowest BCUT2D eigenvalue weighted by Crippen LogP contribution is -2.46. The van der Waals surface area contributed by atoms with Crippen molar-refractivity contribution in [3.63, 3.8) is 0 Å². The summed E-state index contributed by atoms with van der Waals surface area (Å²) in [5.41, 5.74) is 6.40. The number of piperazine rings is 1. The average molecular weight is 550 g/mol. The topological polar surface area (TPSA) is 51.1 Å². The smallest absolute Gasteiger partial charge is 0.128 e. The second kappa shape index (κ2) is 12.3. The summed E-state index contributed by atoms with van der Waals surface area (Å²) in [5, 5.41) is 6.56. The molecular formula is C34H43N7. The molecule has 1 saturated carbocycles. The Morgan fingerprint density at radius 2 is 1.54 bits per heavy atom. The van der Waals surface area contributed by atoms with Crippen molar-refractivity contribution in [2.75, 3.05) is 40.9 Å². The summed E-state index contributed by atoms with van der Waals surface area (Å²) < 4.78 is 0. The van der Waals surface area contributed by atoms with E-state index in [0.717, 1.165) is 56.4 Å². The highest BCUT2D eigenvalue weighted by Gasteiger charge is 2.27. The monoisotopic (exact) mass is 549 g/mol. The number of hydrogen-bond donors (Lipinski definition) is 0. The molecule has 0 bridgehead atoms. The van der Waals surface area contributed by atoms with E-state index < -0.39 is 0 Å². The van der Waals surface area contributed by atoms with E-state index in [-0.39, 0.29) is 0 Å². The summed E-state index contributed by atoms with van der Waals surface area (Å²) in [6.45, 7) is 12.7. The highest BCUT2D eigenvalue weighted by molar-refractivity contribution is 5.85. The van der Waals surface area contributed by atoms with Gasteiger partial charge in [0.15, 0.2) is 0 Å². The fourth-order valence-electron chi connectivity index (χ4n) is 6.55. The third-order valence-corrected chi connectivity index (χ3v) is 9.32. The van der Waals surface area contributed by atoms with Gasteiger partial charge in [0.2, 0.25) is 0 Å². The molecule has 0 N–H and O–H groups in total. The molecule has 1 aliphatic carbocycles. The van der Waals surface area contributed by atoms with E-state index in [9.17, 15) is 0 Å². The quantitative estimate of drug-likeness (QED) is 0.298. The van der Waals surface area contributed by atoms with Crippen LogP contribution in [-0.4, -0.2) is 53.5 Å². The molecule has 3 atom stereocenters. The number of rotatable bonds is 9. The van der Waals surface area contributed by atoms with E-state index in [1.807, 2.05) is 17.5 Å². The molecule has 41 heavy (non-hydrogen) atoms. The largest absolute Gasteiger partial charge is 0.368 e. The van der Waals surface area contributed by atoms with E-state index >= 15 is 0 Å². The third kappa shape index (κ3) is 6.09. The Kier molecular flexibility index (Phi) is 8.21. The van der Waals surface area contributed by atoms with Crippen LogP contribution in [0.4, 0.5) is 17.1 Å². The van der Waals surface area contributed by atoms with Crippen LogP contribution in [0, 0.1) is 5.92 Å². The first-order chi connectivity index (χ1) is 20.1. The molecule has 7 nitrogen and oxygen atoms in total. The van der Waals surface area contributed by atoms with Gasteiger partial charge >= 0.3 is 0 Å². The first-order valence-corrected chi connectivity index (χ1v) is 15.4. The number of hydrazone groups is 1. The molecule has 2 aromatic carbocycles. The van der Waals surface area contributed by atoms with Crippen molar-refractivity contribution in [1.82, 2.24) is 15.0 Å². The summed E-state index contributed by atoms with van der Waals surface area (Å²) in [4.78, 5) is 15.6. The second-order valence-corrected chi connectivity index (χ2v) is 11.8. The molecule has 2 aliphatic heterocycles. The Morgan fingerprint density at radius 3 is 2.17 bits per heavy atom. The fourth-order valence-corrected chi connectivity index (χ4v) is 6.55. The maximum atomic E-state index is 4.56. The van der Waals surface area contributed by atoms with Crippen LogP contribution >= 0.6 is 0 Å². The number of anilines is 3. The van der Waals surface area contributed by atoms with Gasteiger partial charge in [-0.25, -0.2) is 15.0 Å².